The molecule has 1 aliphatic rings. The van der Waals surface area contributed by atoms with Crippen molar-refractivity contribution in [2.45, 2.75) is 52.7 Å². The third-order valence-electron chi connectivity index (χ3n) is 5.29. The number of benzene rings is 1. The van der Waals surface area contributed by atoms with Crippen LogP contribution in [0.15, 0.2) is 51.6 Å². The number of likely N-dealkylation sites (tertiary alicyclic amines) is 1. The van der Waals surface area contributed by atoms with Crippen molar-refractivity contribution >= 4 is 29.7 Å². The maximum atomic E-state index is 14.8. The van der Waals surface area contributed by atoms with Crippen molar-refractivity contribution in [1.82, 2.24) is 4.90 Å². The van der Waals surface area contributed by atoms with E-state index in [1.165, 1.54) is 23.1 Å². The number of hydrogen-bond acceptors (Lipinski definition) is 6. The van der Waals surface area contributed by atoms with Gasteiger partial charge in [-0.25, -0.2) is 18.6 Å². The summed E-state index contributed by atoms with van der Waals surface area (Å²) in [4.78, 5) is 22.6. The lowest BCUT2D eigenvalue weighted by atomic mass is 9.99. The van der Waals surface area contributed by atoms with E-state index >= 15 is 0 Å². The van der Waals surface area contributed by atoms with Gasteiger partial charge in [-0.1, -0.05) is 13.8 Å². The maximum Gasteiger partial charge on any atom is 0.410 e. The van der Waals surface area contributed by atoms with Gasteiger partial charge in [0.15, 0.2) is 0 Å². The summed E-state index contributed by atoms with van der Waals surface area (Å²) in [6.07, 6.45) is 3.55. The standard InChI is InChI=1S/C26H35F2N7O2/c1-15(2)24(32)34-22(31)9-8-21(30)19(13-29)23(18-7-6-16(27)12-20(18)28)33-17-10-11-35(14-17)25(36)37-26(3,4)5/h6-9,12-13,15,17,29H,10-11,14,30H2,1-5H3,(H3,31,32,34)/b9-8-,21-19+,29-13?,33-23?. The molecule has 1 aromatic carbocycles. The molecular formula is C26H35F2N7O2. The minimum Gasteiger partial charge on any atom is -0.444 e. The summed E-state index contributed by atoms with van der Waals surface area (Å²) in [5.41, 5.74) is 11.4. The van der Waals surface area contributed by atoms with Crippen molar-refractivity contribution in [3.8, 4) is 0 Å². The number of carbonyl (C=O) groups is 1. The van der Waals surface area contributed by atoms with Gasteiger partial charge in [-0.05, 0) is 51.5 Å². The summed E-state index contributed by atoms with van der Waals surface area (Å²) in [7, 11) is 0. The van der Waals surface area contributed by atoms with Crippen LogP contribution in [-0.2, 0) is 4.74 Å². The molecule has 1 amide bonds. The van der Waals surface area contributed by atoms with Gasteiger partial charge >= 0.3 is 6.09 Å². The number of ether oxygens (including phenoxy) is 1. The number of carbonyl (C=O) groups excluding carboxylic acids is 1. The minimum absolute atomic E-state index is 0.0162. The van der Waals surface area contributed by atoms with Gasteiger partial charge in [0.05, 0.1) is 11.8 Å². The smallest absolute Gasteiger partial charge is 0.410 e. The molecule has 200 valence electrons. The Hall–Kier alpha value is -3.89. The topological polar surface area (TPSA) is 154 Å². The highest BCUT2D eigenvalue weighted by Crippen LogP contribution is 2.22. The Morgan fingerprint density at radius 3 is 2.49 bits per heavy atom. The number of aliphatic imine (C=N–C) groups is 2. The van der Waals surface area contributed by atoms with Gasteiger partial charge in [0.2, 0.25) is 0 Å². The van der Waals surface area contributed by atoms with Crippen LogP contribution in [0, 0.1) is 28.4 Å². The first-order chi connectivity index (χ1) is 17.2. The zero-order chi connectivity index (χ0) is 27.9. The molecule has 1 unspecified atom stereocenters. The number of nitrogens with zero attached hydrogens (tertiary/aromatic N) is 3. The Bertz CT molecular complexity index is 1160. The number of amides is 1. The zero-order valence-corrected chi connectivity index (χ0v) is 21.8. The van der Waals surface area contributed by atoms with E-state index in [0.29, 0.717) is 13.0 Å². The van der Waals surface area contributed by atoms with Crippen molar-refractivity contribution in [3.63, 3.8) is 0 Å². The van der Waals surface area contributed by atoms with Crippen molar-refractivity contribution in [3.05, 3.63) is 58.8 Å². The molecular weight excluding hydrogens is 480 g/mol. The van der Waals surface area contributed by atoms with Gasteiger partial charge in [-0.15, -0.1) is 0 Å². The van der Waals surface area contributed by atoms with Gasteiger partial charge in [0.1, 0.15) is 28.9 Å². The van der Waals surface area contributed by atoms with Gasteiger partial charge < -0.3 is 26.5 Å². The maximum absolute atomic E-state index is 14.8. The molecule has 1 atom stereocenters. The van der Waals surface area contributed by atoms with Crippen molar-refractivity contribution in [1.29, 1.82) is 10.8 Å². The molecule has 1 fully saturated rings. The van der Waals surface area contributed by atoms with Gasteiger partial charge in [0, 0.05) is 48.1 Å². The molecule has 0 bridgehead atoms. The lowest BCUT2D eigenvalue weighted by molar-refractivity contribution is 0.0293. The van der Waals surface area contributed by atoms with Crippen LogP contribution in [0.5, 0.6) is 0 Å². The van der Waals surface area contributed by atoms with E-state index in [9.17, 15) is 13.6 Å². The van der Waals surface area contributed by atoms with Crippen molar-refractivity contribution < 1.29 is 18.3 Å². The molecule has 0 aliphatic carbocycles. The Labute approximate surface area is 216 Å². The summed E-state index contributed by atoms with van der Waals surface area (Å²) in [5, 5.41) is 15.9. The monoisotopic (exact) mass is 515 g/mol. The predicted molar refractivity (Wildman–Crippen MR) is 142 cm³/mol. The van der Waals surface area contributed by atoms with Crippen LogP contribution in [0.2, 0.25) is 0 Å². The van der Waals surface area contributed by atoms with E-state index in [1.54, 1.807) is 20.8 Å². The second-order valence-electron chi connectivity index (χ2n) is 9.89. The van der Waals surface area contributed by atoms with Crippen LogP contribution in [0.4, 0.5) is 13.6 Å². The third kappa shape index (κ3) is 8.62. The highest BCUT2D eigenvalue weighted by molar-refractivity contribution is 6.24. The lowest BCUT2D eigenvalue weighted by Crippen LogP contribution is -2.35. The third-order valence-corrected chi connectivity index (χ3v) is 5.29. The number of rotatable bonds is 7. The number of nitrogens with one attached hydrogen (secondary N) is 2. The van der Waals surface area contributed by atoms with Crippen molar-refractivity contribution in [2.24, 2.45) is 27.4 Å². The number of halogens is 2. The first-order valence-corrected chi connectivity index (χ1v) is 11.8. The fourth-order valence-corrected chi connectivity index (χ4v) is 3.34. The molecule has 0 radical (unpaired) electrons. The second-order valence-corrected chi connectivity index (χ2v) is 9.89. The summed E-state index contributed by atoms with van der Waals surface area (Å²) in [6, 6.07) is 2.59. The van der Waals surface area contributed by atoms with E-state index in [4.69, 9.17) is 27.0 Å². The summed E-state index contributed by atoms with van der Waals surface area (Å²) in [6.45, 7) is 9.58. The van der Waals surface area contributed by atoms with Crippen LogP contribution >= 0.6 is 0 Å². The van der Waals surface area contributed by atoms with E-state index in [1.807, 2.05) is 13.8 Å². The van der Waals surface area contributed by atoms with E-state index in [-0.39, 0.29) is 46.7 Å². The molecule has 6 N–H and O–H groups in total. The molecule has 1 aliphatic heterocycles. The fourth-order valence-electron chi connectivity index (χ4n) is 3.34. The molecule has 11 heteroatoms. The van der Waals surface area contributed by atoms with E-state index in [2.05, 4.69) is 9.98 Å². The molecule has 1 heterocycles. The number of nitrogens with two attached hydrogens (primary N) is 2. The van der Waals surface area contributed by atoms with Gasteiger partial charge in [-0.2, -0.15) is 0 Å². The van der Waals surface area contributed by atoms with Crippen LogP contribution < -0.4 is 11.5 Å². The summed E-state index contributed by atoms with van der Waals surface area (Å²) >= 11 is 0. The highest BCUT2D eigenvalue weighted by Gasteiger charge is 2.30. The molecule has 37 heavy (non-hydrogen) atoms. The molecule has 0 spiro atoms. The lowest BCUT2D eigenvalue weighted by Gasteiger charge is -2.24. The van der Waals surface area contributed by atoms with Crippen LogP contribution in [0.25, 0.3) is 0 Å². The molecule has 9 nitrogen and oxygen atoms in total. The molecule has 1 aromatic rings. The van der Waals surface area contributed by atoms with E-state index in [0.717, 1.165) is 18.3 Å². The first-order valence-electron chi connectivity index (χ1n) is 11.8. The Morgan fingerprint density at radius 1 is 1.24 bits per heavy atom. The number of allylic oxidation sites excluding steroid dienone is 2. The first kappa shape index (κ1) is 29.3. The summed E-state index contributed by atoms with van der Waals surface area (Å²) < 4.78 is 33.9. The van der Waals surface area contributed by atoms with Crippen LogP contribution in [-0.4, -0.2) is 59.3 Å². The SMILES string of the molecule is CC(C)C(N)=NC(=N)/C=C\C(N)=C(\C=N)C(=NC1CCN(C(=O)OC(C)(C)C)C1)c1ccc(F)cc1F. The van der Waals surface area contributed by atoms with Crippen molar-refractivity contribution in [2.75, 3.05) is 13.1 Å². The molecule has 0 saturated carbocycles. The normalized spacial score (nSPS) is 17.8. The average molecular weight is 516 g/mol. The summed E-state index contributed by atoms with van der Waals surface area (Å²) in [5.74, 6) is -1.57. The zero-order valence-electron chi connectivity index (χ0n) is 21.8. The molecule has 0 aromatic heterocycles. The minimum atomic E-state index is -0.876. The average Bonchev–Trinajstić information content (AvgIpc) is 3.25. The largest absolute Gasteiger partial charge is 0.444 e. The number of amidine groups is 2. The fraction of sp³-hybridized carbons (Fsp3) is 0.423. The van der Waals surface area contributed by atoms with E-state index < -0.39 is 29.4 Å². The van der Waals surface area contributed by atoms with Crippen LogP contribution in [0.1, 0.15) is 46.6 Å². The molecule has 1 saturated heterocycles. The Balaban J connectivity index is 2.47. The molecule has 2 rings (SSSR count). The highest BCUT2D eigenvalue weighted by atomic mass is 19.1. The predicted octanol–water partition coefficient (Wildman–Crippen LogP) is 4.17. The second kappa shape index (κ2) is 12.4. The van der Waals surface area contributed by atoms with Gasteiger partial charge in [0.25, 0.3) is 0 Å². The van der Waals surface area contributed by atoms with Gasteiger partial charge in [-0.3, -0.25) is 10.4 Å². The Kier molecular flexibility index (Phi) is 9.81. The quantitative estimate of drug-likeness (QED) is 0.244. The number of hydrogen-bond donors (Lipinski definition) is 4. The Morgan fingerprint density at radius 2 is 1.92 bits per heavy atom. The van der Waals surface area contributed by atoms with Crippen LogP contribution in [0.3, 0.4) is 0 Å².